The maximum atomic E-state index is 12.6. The summed E-state index contributed by atoms with van der Waals surface area (Å²) in [5.41, 5.74) is 3.19. The molecule has 0 aliphatic carbocycles. The Balaban J connectivity index is 1.59. The summed E-state index contributed by atoms with van der Waals surface area (Å²) in [6, 6.07) is 15.6. The lowest BCUT2D eigenvalue weighted by molar-refractivity contribution is -0.131. The van der Waals surface area contributed by atoms with Gasteiger partial charge in [-0.3, -0.25) is 4.79 Å². The molecular weight excluding hydrogens is 360 g/mol. The van der Waals surface area contributed by atoms with Crippen molar-refractivity contribution < 1.29 is 9.21 Å². The van der Waals surface area contributed by atoms with Crippen LogP contribution in [0.5, 0.6) is 0 Å². The van der Waals surface area contributed by atoms with Crippen molar-refractivity contribution in [3.05, 3.63) is 76.8 Å². The molecule has 0 fully saturated rings. The van der Waals surface area contributed by atoms with Crippen LogP contribution in [-0.4, -0.2) is 22.8 Å². The average molecular weight is 383 g/mol. The Bertz CT molecular complexity index is 918. The maximum Gasteiger partial charge on any atom is 0.223 e. The van der Waals surface area contributed by atoms with Gasteiger partial charge in [-0.05, 0) is 31.5 Å². The second-order valence-electron chi connectivity index (χ2n) is 6.72. The number of amides is 1. The van der Waals surface area contributed by atoms with Gasteiger partial charge in [0.15, 0.2) is 11.7 Å². The Hall–Kier alpha value is -2.59. The molecule has 1 unspecified atom stereocenters. The second kappa shape index (κ2) is 8.40. The van der Waals surface area contributed by atoms with E-state index >= 15 is 0 Å². The number of hydrogen-bond acceptors (Lipinski definition) is 3. The second-order valence-corrected chi connectivity index (χ2v) is 7.16. The van der Waals surface area contributed by atoms with Gasteiger partial charge in [0.1, 0.15) is 0 Å². The minimum absolute atomic E-state index is 0.0394. The third-order valence-corrected chi connectivity index (χ3v) is 4.98. The Labute approximate surface area is 164 Å². The highest BCUT2D eigenvalue weighted by Crippen LogP contribution is 2.24. The first kappa shape index (κ1) is 19.2. The molecule has 0 spiro atoms. The molecule has 0 radical (unpaired) electrons. The molecule has 5 heteroatoms. The molecule has 3 rings (SSSR count). The highest BCUT2D eigenvalue weighted by molar-refractivity contribution is 6.30. The van der Waals surface area contributed by atoms with Crippen LogP contribution in [0.3, 0.4) is 0 Å². The van der Waals surface area contributed by atoms with E-state index in [-0.39, 0.29) is 11.9 Å². The Kier molecular flexibility index (Phi) is 5.97. The number of benzene rings is 2. The van der Waals surface area contributed by atoms with Gasteiger partial charge in [-0.25, -0.2) is 4.98 Å². The van der Waals surface area contributed by atoms with Crippen molar-refractivity contribution in [1.29, 1.82) is 0 Å². The van der Waals surface area contributed by atoms with Gasteiger partial charge in [-0.15, -0.1) is 0 Å². The SMILES string of the molecule is Cc1ccc(-c2cnc(CCC(=O)N(C)C(C)c3cccc(Cl)c3)o2)cc1. The molecule has 1 atom stereocenters. The van der Waals surface area contributed by atoms with Gasteiger partial charge in [-0.2, -0.15) is 0 Å². The molecule has 1 amide bonds. The number of hydrogen-bond donors (Lipinski definition) is 0. The Morgan fingerprint density at radius 3 is 2.67 bits per heavy atom. The van der Waals surface area contributed by atoms with E-state index in [0.29, 0.717) is 23.8 Å². The van der Waals surface area contributed by atoms with E-state index in [1.165, 1.54) is 5.56 Å². The summed E-state index contributed by atoms with van der Waals surface area (Å²) < 4.78 is 5.80. The molecule has 0 saturated heterocycles. The van der Waals surface area contributed by atoms with Crippen LogP contribution in [0.2, 0.25) is 5.02 Å². The van der Waals surface area contributed by atoms with E-state index < -0.39 is 0 Å². The van der Waals surface area contributed by atoms with Crippen LogP contribution in [-0.2, 0) is 11.2 Å². The van der Waals surface area contributed by atoms with Crippen LogP contribution in [0, 0.1) is 6.92 Å². The van der Waals surface area contributed by atoms with Crippen molar-refractivity contribution in [2.75, 3.05) is 7.05 Å². The topological polar surface area (TPSA) is 46.3 Å². The molecule has 2 aromatic carbocycles. The zero-order chi connectivity index (χ0) is 19.4. The largest absolute Gasteiger partial charge is 0.441 e. The summed E-state index contributed by atoms with van der Waals surface area (Å²) >= 11 is 6.05. The molecule has 0 N–H and O–H groups in total. The van der Waals surface area contributed by atoms with Crippen LogP contribution in [0.1, 0.15) is 36.4 Å². The van der Waals surface area contributed by atoms with Crippen LogP contribution in [0.4, 0.5) is 0 Å². The first-order chi connectivity index (χ1) is 12.9. The Morgan fingerprint density at radius 1 is 1.22 bits per heavy atom. The summed E-state index contributed by atoms with van der Waals surface area (Å²) in [5, 5.41) is 0.670. The van der Waals surface area contributed by atoms with Crippen molar-refractivity contribution in [2.45, 2.75) is 32.7 Å². The molecule has 140 valence electrons. The lowest BCUT2D eigenvalue weighted by atomic mass is 10.1. The molecule has 0 aliphatic rings. The molecule has 1 aromatic heterocycles. The predicted molar refractivity (Wildman–Crippen MR) is 108 cm³/mol. The molecule has 3 aromatic rings. The quantitative estimate of drug-likeness (QED) is 0.569. The fraction of sp³-hybridized carbons (Fsp3) is 0.273. The van der Waals surface area contributed by atoms with Crippen LogP contribution >= 0.6 is 11.6 Å². The van der Waals surface area contributed by atoms with Crippen molar-refractivity contribution in [1.82, 2.24) is 9.88 Å². The normalized spacial score (nSPS) is 12.0. The van der Waals surface area contributed by atoms with Crippen LogP contribution < -0.4 is 0 Å². The molecule has 0 aliphatic heterocycles. The summed E-state index contributed by atoms with van der Waals surface area (Å²) in [7, 11) is 1.81. The van der Waals surface area contributed by atoms with E-state index in [1.54, 1.807) is 18.1 Å². The molecule has 1 heterocycles. The zero-order valence-corrected chi connectivity index (χ0v) is 16.5. The molecule has 27 heavy (non-hydrogen) atoms. The Morgan fingerprint density at radius 2 is 1.96 bits per heavy atom. The summed E-state index contributed by atoms with van der Waals surface area (Å²) in [6.07, 6.45) is 2.52. The van der Waals surface area contributed by atoms with E-state index in [9.17, 15) is 4.79 Å². The van der Waals surface area contributed by atoms with Gasteiger partial charge in [0, 0.05) is 30.5 Å². The number of oxazole rings is 1. The number of carbonyl (C=O) groups is 1. The number of halogens is 1. The molecule has 4 nitrogen and oxygen atoms in total. The molecular formula is C22H23ClN2O2. The summed E-state index contributed by atoms with van der Waals surface area (Å²) in [4.78, 5) is 18.6. The fourth-order valence-electron chi connectivity index (χ4n) is 2.87. The molecule has 0 bridgehead atoms. The van der Waals surface area contributed by atoms with E-state index in [4.69, 9.17) is 16.0 Å². The standard InChI is InChI=1S/C22H23ClN2O2/c1-15-7-9-17(10-8-15)20-14-24-21(27-20)11-12-22(26)25(3)16(2)18-5-4-6-19(23)13-18/h4-10,13-14,16H,11-12H2,1-3H3. The molecule has 0 saturated carbocycles. The lowest BCUT2D eigenvalue weighted by Gasteiger charge is -2.25. The average Bonchev–Trinajstić information content (AvgIpc) is 3.14. The third-order valence-electron chi connectivity index (χ3n) is 4.75. The van der Waals surface area contributed by atoms with Crippen LogP contribution in [0.15, 0.2) is 59.1 Å². The van der Waals surface area contributed by atoms with E-state index in [2.05, 4.69) is 4.98 Å². The minimum atomic E-state index is -0.0520. The number of aromatic nitrogens is 1. The van der Waals surface area contributed by atoms with Crippen molar-refractivity contribution in [2.24, 2.45) is 0 Å². The van der Waals surface area contributed by atoms with Gasteiger partial charge < -0.3 is 9.32 Å². The summed E-state index contributed by atoms with van der Waals surface area (Å²) in [5.74, 6) is 1.33. The van der Waals surface area contributed by atoms with Gasteiger partial charge in [-0.1, -0.05) is 53.6 Å². The van der Waals surface area contributed by atoms with Crippen LogP contribution in [0.25, 0.3) is 11.3 Å². The first-order valence-corrected chi connectivity index (χ1v) is 9.34. The third kappa shape index (κ3) is 4.77. The number of rotatable bonds is 6. The maximum absolute atomic E-state index is 12.6. The van der Waals surface area contributed by atoms with Crippen molar-refractivity contribution in [3.63, 3.8) is 0 Å². The van der Waals surface area contributed by atoms with Gasteiger partial charge >= 0.3 is 0 Å². The number of nitrogens with zero attached hydrogens (tertiary/aromatic N) is 2. The minimum Gasteiger partial charge on any atom is -0.441 e. The predicted octanol–water partition coefficient (Wildman–Crippen LogP) is 5.46. The lowest BCUT2D eigenvalue weighted by Crippen LogP contribution is -2.29. The smallest absolute Gasteiger partial charge is 0.223 e. The van der Waals surface area contributed by atoms with Gasteiger partial charge in [0.2, 0.25) is 5.91 Å². The van der Waals surface area contributed by atoms with Crippen molar-refractivity contribution in [3.8, 4) is 11.3 Å². The monoisotopic (exact) mass is 382 g/mol. The first-order valence-electron chi connectivity index (χ1n) is 8.97. The summed E-state index contributed by atoms with van der Waals surface area (Å²) in [6.45, 7) is 4.03. The van der Waals surface area contributed by atoms with Gasteiger partial charge in [0.05, 0.1) is 12.2 Å². The van der Waals surface area contributed by atoms with E-state index in [0.717, 1.165) is 16.9 Å². The highest BCUT2D eigenvalue weighted by atomic mass is 35.5. The highest BCUT2D eigenvalue weighted by Gasteiger charge is 2.18. The number of carbonyl (C=O) groups excluding carboxylic acids is 1. The van der Waals surface area contributed by atoms with Gasteiger partial charge in [0.25, 0.3) is 0 Å². The van der Waals surface area contributed by atoms with E-state index in [1.807, 2.05) is 62.4 Å². The number of aryl methyl sites for hydroxylation is 2. The zero-order valence-electron chi connectivity index (χ0n) is 15.8. The van der Waals surface area contributed by atoms with Crippen molar-refractivity contribution >= 4 is 17.5 Å². The fourth-order valence-corrected chi connectivity index (χ4v) is 3.07.